The number of amides is 1. The molecule has 140 valence electrons. The molecule has 0 aliphatic carbocycles. The number of nitrogens with zero attached hydrogens (tertiary/aromatic N) is 4. The molecule has 0 saturated heterocycles. The molecular formula is C21H19N5O2. The molecular weight excluding hydrogens is 354 g/mol. The van der Waals surface area contributed by atoms with Gasteiger partial charge < -0.3 is 10.1 Å². The van der Waals surface area contributed by atoms with Gasteiger partial charge in [-0.1, -0.05) is 24.3 Å². The van der Waals surface area contributed by atoms with Crippen LogP contribution in [0.1, 0.15) is 15.9 Å². The van der Waals surface area contributed by atoms with Gasteiger partial charge in [0.25, 0.3) is 11.7 Å². The number of carbonyl (C=O) groups is 1. The Morgan fingerprint density at radius 1 is 1.11 bits per heavy atom. The second-order valence-corrected chi connectivity index (χ2v) is 6.25. The first-order chi connectivity index (χ1) is 13.7. The van der Waals surface area contributed by atoms with E-state index in [1.807, 2.05) is 53.1 Å². The summed E-state index contributed by atoms with van der Waals surface area (Å²) < 4.78 is 7.03. The Morgan fingerprint density at radius 3 is 2.79 bits per heavy atom. The van der Waals surface area contributed by atoms with Crippen molar-refractivity contribution in [2.24, 2.45) is 0 Å². The van der Waals surface area contributed by atoms with Gasteiger partial charge in [0.2, 0.25) is 0 Å². The number of ether oxygens (including phenoxy) is 1. The van der Waals surface area contributed by atoms with E-state index < -0.39 is 0 Å². The summed E-state index contributed by atoms with van der Waals surface area (Å²) in [6, 6.07) is 16.9. The topological polar surface area (TPSA) is 81.4 Å². The van der Waals surface area contributed by atoms with Gasteiger partial charge in [0.1, 0.15) is 5.75 Å². The highest BCUT2D eigenvalue weighted by Gasteiger charge is 2.10. The number of hydrogen-bond acceptors (Lipinski definition) is 5. The zero-order valence-electron chi connectivity index (χ0n) is 15.4. The quantitative estimate of drug-likeness (QED) is 0.562. The lowest BCUT2D eigenvalue weighted by atomic mass is 10.1. The molecule has 2 aromatic heterocycles. The lowest BCUT2D eigenvalue weighted by molar-refractivity contribution is 0.0954. The highest BCUT2D eigenvalue weighted by atomic mass is 16.5. The Balaban J connectivity index is 1.40. The zero-order chi connectivity index (χ0) is 19.3. The summed E-state index contributed by atoms with van der Waals surface area (Å²) >= 11 is 0. The summed E-state index contributed by atoms with van der Waals surface area (Å²) in [6.45, 7) is 0.550. The summed E-state index contributed by atoms with van der Waals surface area (Å²) in [5, 5.41) is 11.2. The highest BCUT2D eigenvalue weighted by Crippen LogP contribution is 2.18. The van der Waals surface area contributed by atoms with Gasteiger partial charge in [-0.2, -0.15) is 0 Å². The third-order valence-corrected chi connectivity index (χ3v) is 4.43. The van der Waals surface area contributed by atoms with E-state index in [0.29, 0.717) is 23.7 Å². The minimum atomic E-state index is -0.109. The summed E-state index contributed by atoms with van der Waals surface area (Å²) in [5.41, 5.74) is 2.58. The third-order valence-electron chi connectivity index (χ3n) is 4.43. The van der Waals surface area contributed by atoms with E-state index in [-0.39, 0.29) is 5.91 Å². The molecule has 0 fully saturated rings. The normalized spacial score (nSPS) is 10.8. The molecule has 2 heterocycles. The van der Waals surface area contributed by atoms with Gasteiger partial charge in [-0.05, 0) is 42.3 Å². The first kappa shape index (κ1) is 17.7. The van der Waals surface area contributed by atoms with Crippen LogP contribution in [0.5, 0.6) is 5.75 Å². The third kappa shape index (κ3) is 3.68. The van der Waals surface area contributed by atoms with Gasteiger partial charge >= 0.3 is 0 Å². The maximum atomic E-state index is 12.4. The molecule has 1 N–H and O–H groups in total. The summed E-state index contributed by atoms with van der Waals surface area (Å²) in [6.07, 6.45) is 4.27. The van der Waals surface area contributed by atoms with Crippen molar-refractivity contribution in [1.82, 2.24) is 24.9 Å². The van der Waals surface area contributed by atoms with Gasteiger partial charge in [0, 0.05) is 30.1 Å². The van der Waals surface area contributed by atoms with Crippen molar-refractivity contribution in [3.8, 4) is 17.1 Å². The van der Waals surface area contributed by atoms with Crippen LogP contribution >= 0.6 is 0 Å². The molecule has 0 radical (unpaired) electrons. The van der Waals surface area contributed by atoms with E-state index in [2.05, 4.69) is 20.5 Å². The zero-order valence-corrected chi connectivity index (χ0v) is 15.4. The van der Waals surface area contributed by atoms with Crippen LogP contribution in [0.4, 0.5) is 0 Å². The molecule has 2 aromatic carbocycles. The maximum Gasteiger partial charge on any atom is 0.255 e. The van der Waals surface area contributed by atoms with Crippen molar-refractivity contribution in [2.75, 3.05) is 13.7 Å². The summed E-state index contributed by atoms with van der Waals surface area (Å²) in [7, 11) is 1.64. The molecule has 4 aromatic rings. The molecule has 0 atom stereocenters. The minimum absolute atomic E-state index is 0.109. The molecule has 0 unspecified atom stereocenters. The van der Waals surface area contributed by atoms with E-state index >= 15 is 0 Å². The van der Waals surface area contributed by atoms with Gasteiger partial charge in [-0.25, -0.2) is 4.98 Å². The highest BCUT2D eigenvalue weighted by molar-refractivity contribution is 5.94. The van der Waals surface area contributed by atoms with Crippen LogP contribution in [-0.2, 0) is 6.42 Å². The molecule has 4 rings (SSSR count). The molecule has 0 saturated carbocycles. The Bertz CT molecular complexity index is 1110. The second-order valence-electron chi connectivity index (χ2n) is 6.25. The number of rotatable bonds is 6. The lowest BCUT2D eigenvalue weighted by Gasteiger charge is -2.07. The smallest absolute Gasteiger partial charge is 0.255 e. The fourth-order valence-electron chi connectivity index (χ4n) is 2.96. The molecule has 7 nitrogen and oxygen atoms in total. The molecule has 0 aliphatic rings. The average molecular weight is 373 g/mol. The molecule has 1 amide bonds. The Hall–Kier alpha value is -3.74. The van der Waals surface area contributed by atoms with Crippen LogP contribution in [0.2, 0.25) is 0 Å². The van der Waals surface area contributed by atoms with E-state index in [1.165, 1.54) is 0 Å². The van der Waals surface area contributed by atoms with Crippen LogP contribution < -0.4 is 10.1 Å². The maximum absolute atomic E-state index is 12.4. The molecule has 7 heteroatoms. The number of carbonyl (C=O) groups excluding carboxylic acids is 1. The van der Waals surface area contributed by atoms with Gasteiger partial charge in [-0.15, -0.1) is 10.2 Å². The van der Waals surface area contributed by atoms with E-state index in [0.717, 1.165) is 23.3 Å². The van der Waals surface area contributed by atoms with Crippen molar-refractivity contribution in [3.63, 3.8) is 0 Å². The van der Waals surface area contributed by atoms with Gasteiger partial charge in [0.15, 0.2) is 5.82 Å². The predicted octanol–water partition coefficient (Wildman–Crippen LogP) is 2.77. The SMILES string of the molecule is COc1cccc(CCNC(=O)c2ccc(-c3nnc4ncccn34)cc2)c1. The molecule has 28 heavy (non-hydrogen) atoms. The largest absolute Gasteiger partial charge is 0.497 e. The van der Waals surface area contributed by atoms with Crippen LogP contribution in [-0.4, -0.2) is 39.1 Å². The number of fused-ring (bicyclic) bond motifs is 1. The molecule has 0 bridgehead atoms. The summed E-state index contributed by atoms with van der Waals surface area (Å²) in [5.74, 6) is 1.93. The first-order valence-electron chi connectivity index (χ1n) is 8.92. The van der Waals surface area contributed by atoms with E-state index in [4.69, 9.17) is 4.74 Å². The van der Waals surface area contributed by atoms with E-state index in [9.17, 15) is 4.79 Å². The van der Waals surface area contributed by atoms with Crippen molar-refractivity contribution >= 4 is 11.7 Å². The Morgan fingerprint density at radius 2 is 1.96 bits per heavy atom. The standard InChI is InChI=1S/C21H19N5O2/c1-28-18-5-2-4-15(14-18)10-12-22-20(27)17-8-6-16(7-9-17)19-24-25-21-23-11-3-13-26(19)21/h2-9,11,13-14H,10,12H2,1H3,(H,22,27). The fraction of sp³-hybridized carbons (Fsp3) is 0.143. The lowest BCUT2D eigenvalue weighted by Crippen LogP contribution is -2.25. The second kappa shape index (κ2) is 7.87. The first-order valence-corrected chi connectivity index (χ1v) is 8.92. The van der Waals surface area contributed by atoms with Crippen molar-refractivity contribution in [2.45, 2.75) is 6.42 Å². The van der Waals surface area contributed by atoms with E-state index in [1.54, 1.807) is 25.4 Å². The number of aromatic nitrogens is 4. The summed E-state index contributed by atoms with van der Waals surface area (Å²) in [4.78, 5) is 16.5. The van der Waals surface area contributed by atoms with Crippen molar-refractivity contribution in [1.29, 1.82) is 0 Å². The van der Waals surface area contributed by atoms with Crippen LogP contribution in [0.3, 0.4) is 0 Å². The minimum Gasteiger partial charge on any atom is -0.497 e. The Labute approximate surface area is 162 Å². The van der Waals surface area contributed by atoms with Crippen molar-refractivity contribution < 1.29 is 9.53 Å². The Kier molecular flexibility index (Phi) is 4.97. The van der Waals surface area contributed by atoms with Crippen LogP contribution in [0.15, 0.2) is 67.0 Å². The van der Waals surface area contributed by atoms with Crippen molar-refractivity contribution in [3.05, 3.63) is 78.1 Å². The number of hydrogen-bond donors (Lipinski definition) is 1. The number of methoxy groups -OCH3 is 1. The van der Waals surface area contributed by atoms with Crippen LogP contribution in [0.25, 0.3) is 17.2 Å². The molecule has 0 aliphatic heterocycles. The monoisotopic (exact) mass is 373 g/mol. The fourth-order valence-corrected chi connectivity index (χ4v) is 2.96. The van der Waals surface area contributed by atoms with Crippen LogP contribution in [0, 0.1) is 0 Å². The molecule has 0 spiro atoms. The predicted molar refractivity (Wildman–Crippen MR) is 105 cm³/mol. The van der Waals surface area contributed by atoms with Gasteiger partial charge in [-0.3, -0.25) is 9.20 Å². The average Bonchev–Trinajstić information content (AvgIpc) is 3.18. The number of nitrogens with one attached hydrogen (secondary N) is 1. The van der Waals surface area contributed by atoms with Gasteiger partial charge in [0.05, 0.1) is 7.11 Å². The number of benzene rings is 2.